The maximum Gasteiger partial charge on any atom is 0.417 e. The van der Waals surface area contributed by atoms with Crippen LogP contribution in [0.1, 0.15) is 55.3 Å². The number of rotatable bonds is 4. The van der Waals surface area contributed by atoms with Gasteiger partial charge in [-0.3, -0.25) is 14.7 Å². The molecule has 6 heteroatoms. The number of aromatic amines is 1. The molecule has 1 saturated heterocycles. The van der Waals surface area contributed by atoms with E-state index >= 15 is 0 Å². The van der Waals surface area contributed by atoms with Gasteiger partial charge in [-0.2, -0.15) is 0 Å². The second-order valence-corrected chi connectivity index (χ2v) is 7.23. The molecule has 0 radical (unpaired) electrons. The Labute approximate surface area is 146 Å². The number of likely N-dealkylation sites (tertiary alicyclic amines) is 1. The number of aromatic nitrogens is 1. The summed E-state index contributed by atoms with van der Waals surface area (Å²) in [4.78, 5) is 29.1. The minimum absolute atomic E-state index is 0.157. The molecule has 1 amide bonds. The van der Waals surface area contributed by atoms with Gasteiger partial charge in [-0.15, -0.1) is 0 Å². The maximum absolute atomic E-state index is 12.6. The van der Waals surface area contributed by atoms with Gasteiger partial charge in [-0.1, -0.05) is 31.7 Å². The summed E-state index contributed by atoms with van der Waals surface area (Å²) >= 11 is 0. The third-order valence-corrected chi connectivity index (χ3v) is 5.68. The molecule has 1 aromatic carbocycles. The summed E-state index contributed by atoms with van der Waals surface area (Å²) in [5, 5.41) is 3.04. The molecule has 1 atom stereocenters. The van der Waals surface area contributed by atoms with Gasteiger partial charge in [0.2, 0.25) is 0 Å². The average Bonchev–Trinajstić information content (AvgIpc) is 2.77. The number of hydrogen-bond donors (Lipinski definition) is 2. The van der Waals surface area contributed by atoms with Crippen LogP contribution in [0.25, 0.3) is 11.1 Å². The molecule has 25 heavy (non-hydrogen) atoms. The zero-order chi connectivity index (χ0) is 17.2. The number of nitrogens with zero attached hydrogens (tertiary/aromatic N) is 1. The van der Waals surface area contributed by atoms with Crippen LogP contribution in [-0.4, -0.2) is 41.0 Å². The SMILES string of the molecule is O=C(NCC1CCN1C1CCCCCC1)c1cccc2oc(=O)[nH]c12. The average molecular weight is 343 g/mol. The normalized spacial score (nSPS) is 22.5. The number of hydrogen-bond acceptors (Lipinski definition) is 4. The van der Waals surface area contributed by atoms with E-state index in [1.165, 1.54) is 38.5 Å². The Morgan fingerprint density at radius 1 is 1.20 bits per heavy atom. The number of para-hydroxylation sites is 1. The fourth-order valence-corrected chi connectivity index (χ4v) is 4.22. The van der Waals surface area contributed by atoms with E-state index in [2.05, 4.69) is 15.2 Å². The number of carbonyl (C=O) groups is 1. The molecule has 2 N–H and O–H groups in total. The number of fused-ring (bicyclic) bond motifs is 1. The summed E-state index contributed by atoms with van der Waals surface area (Å²) in [6, 6.07) is 6.26. The van der Waals surface area contributed by atoms with Gasteiger partial charge in [0.1, 0.15) is 0 Å². The van der Waals surface area contributed by atoms with Gasteiger partial charge in [-0.25, -0.2) is 4.79 Å². The van der Waals surface area contributed by atoms with Crippen molar-refractivity contribution < 1.29 is 9.21 Å². The van der Waals surface area contributed by atoms with Gasteiger partial charge in [0.25, 0.3) is 5.91 Å². The van der Waals surface area contributed by atoms with Crippen molar-refractivity contribution in [3.8, 4) is 0 Å². The van der Waals surface area contributed by atoms with E-state index in [0.29, 0.717) is 35.3 Å². The van der Waals surface area contributed by atoms with Crippen LogP contribution in [0.15, 0.2) is 27.4 Å². The van der Waals surface area contributed by atoms with Gasteiger partial charge in [0, 0.05) is 25.2 Å². The quantitative estimate of drug-likeness (QED) is 0.837. The number of oxazole rings is 1. The van der Waals surface area contributed by atoms with Crippen molar-refractivity contribution in [1.29, 1.82) is 0 Å². The minimum atomic E-state index is -0.534. The molecule has 2 aliphatic rings. The number of H-pyrrole nitrogens is 1. The third kappa shape index (κ3) is 3.35. The molecular weight excluding hydrogens is 318 g/mol. The van der Waals surface area contributed by atoms with Crippen molar-refractivity contribution >= 4 is 17.0 Å². The van der Waals surface area contributed by atoms with Crippen LogP contribution in [0.5, 0.6) is 0 Å². The van der Waals surface area contributed by atoms with E-state index in [4.69, 9.17) is 4.42 Å². The van der Waals surface area contributed by atoms with E-state index in [9.17, 15) is 9.59 Å². The van der Waals surface area contributed by atoms with Crippen LogP contribution in [0.3, 0.4) is 0 Å². The molecule has 1 saturated carbocycles. The molecule has 1 aliphatic heterocycles. The maximum atomic E-state index is 12.6. The molecule has 0 bridgehead atoms. The van der Waals surface area contributed by atoms with Gasteiger partial charge in [-0.05, 0) is 31.4 Å². The molecule has 1 aromatic heterocycles. The monoisotopic (exact) mass is 343 g/mol. The summed E-state index contributed by atoms with van der Waals surface area (Å²) in [5.41, 5.74) is 1.35. The van der Waals surface area contributed by atoms with E-state index in [1.807, 2.05) is 0 Å². The minimum Gasteiger partial charge on any atom is -0.408 e. The third-order valence-electron chi connectivity index (χ3n) is 5.68. The van der Waals surface area contributed by atoms with Crippen molar-refractivity contribution in [3.05, 3.63) is 34.3 Å². The highest BCUT2D eigenvalue weighted by atomic mass is 16.4. The Morgan fingerprint density at radius 3 is 2.72 bits per heavy atom. The lowest BCUT2D eigenvalue weighted by Gasteiger charge is -2.46. The van der Waals surface area contributed by atoms with E-state index in [1.54, 1.807) is 18.2 Å². The van der Waals surface area contributed by atoms with Crippen molar-refractivity contribution in [2.45, 2.75) is 57.0 Å². The standard InChI is InChI=1S/C19H25N3O3/c23-18(15-8-5-9-16-17(15)21-19(24)25-16)20-12-14-10-11-22(14)13-6-3-1-2-4-7-13/h5,8-9,13-14H,1-4,6-7,10-12H2,(H,20,23)(H,21,24). The van der Waals surface area contributed by atoms with Crippen LogP contribution in [0.2, 0.25) is 0 Å². The van der Waals surface area contributed by atoms with Crippen LogP contribution >= 0.6 is 0 Å². The Balaban J connectivity index is 1.39. The summed E-state index contributed by atoms with van der Waals surface area (Å²) in [6.07, 6.45) is 9.10. The van der Waals surface area contributed by atoms with Crippen molar-refractivity contribution in [2.24, 2.45) is 0 Å². The highest BCUT2D eigenvalue weighted by Gasteiger charge is 2.34. The predicted molar refractivity (Wildman–Crippen MR) is 95.8 cm³/mol. The first-order valence-corrected chi connectivity index (χ1v) is 9.38. The molecule has 2 fully saturated rings. The summed E-state index contributed by atoms with van der Waals surface area (Å²) < 4.78 is 5.03. The highest BCUT2D eigenvalue weighted by Crippen LogP contribution is 2.29. The Kier molecular flexibility index (Phi) is 4.61. The van der Waals surface area contributed by atoms with Crippen LogP contribution in [-0.2, 0) is 0 Å². The topological polar surface area (TPSA) is 78.3 Å². The van der Waals surface area contributed by atoms with E-state index in [-0.39, 0.29) is 5.91 Å². The zero-order valence-electron chi connectivity index (χ0n) is 14.4. The largest absolute Gasteiger partial charge is 0.417 e. The van der Waals surface area contributed by atoms with Gasteiger partial charge in [0.05, 0.1) is 11.1 Å². The van der Waals surface area contributed by atoms with E-state index in [0.717, 1.165) is 13.0 Å². The molecule has 2 aromatic rings. The van der Waals surface area contributed by atoms with E-state index < -0.39 is 5.76 Å². The Hall–Kier alpha value is -2.08. The predicted octanol–water partition coefficient (Wildman–Crippen LogP) is 2.65. The van der Waals surface area contributed by atoms with Gasteiger partial charge >= 0.3 is 5.76 Å². The van der Waals surface area contributed by atoms with Crippen LogP contribution in [0, 0.1) is 0 Å². The summed E-state index contributed by atoms with van der Waals surface area (Å²) in [6.45, 7) is 1.81. The van der Waals surface area contributed by atoms with Gasteiger partial charge < -0.3 is 9.73 Å². The Bertz CT molecular complexity index is 802. The molecule has 2 heterocycles. The highest BCUT2D eigenvalue weighted by molar-refractivity contribution is 6.04. The number of amides is 1. The first-order valence-electron chi connectivity index (χ1n) is 9.38. The molecule has 1 aliphatic carbocycles. The smallest absolute Gasteiger partial charge is 0.408 e. The number of carbonyl (C=O) groups excluding carboxylic acids is 1. The lowest BCUT2D eigenvalue weighted by atomic mass is 9.95. The fraction of sp³-hybridized carbons (Fsp3) is 0.579. The number of benzene rings is 1. The van der Waals surface area contributed by atoms with Crippen molar-refractivity contribution in [2.75, 3.05) is 13.1 Å². The summed E-state index contributed by atoms with van der Waals surface area (Å²) in [7, 11) is 0. The molecular formula is C19H25N3O3. The second kappa shape index (κ2) is 7.04. The molecule has 0 spiro atoms. The first-order chi connectivity index (χ1) is 12.2. The fourth-order valence-electron chi connectivity index (χ4n) is 4.22. The van der Waals surface area contributed by atoms with Gasteiger partial charge in [0.15, 0.2) is 5.58 Å². The lowest BCUT2D eigenvalue weighted by Crippen LogP contribution is -2.57. The first kappa shape index (κ1) is 16.4. The molecule has 4 rings (SSSR count). The Morgan fingerprint density at radius 2 is 2.00 bits per heavy atom. The molecule has 1 unspecified atom stereocenters. The molecule has 134 valence electrons. The van der Waals surface area contributed by atoms with Crippen LogP contribution in [0.4, 0.5) is 0 Å². The lowest BCUT2D eigenvalue weighted by molar-refractivity contribution is 0.0334. The summed E-state index contributed by atoms with van der Waals surface area (Å²) in [5.74, 6) is -0.691. The van der Waals surface area contributed by atoms with Crippen molar-refractivity contribution in [3.63, 3.8) is 0 Å². The second-order valence-electron chi connectivity index (χ2n) is 7.23. The van der Waals surface area contributed by atoms with Crippen LogP contribution < -0.4 is 11.1 Å². The molecule has 6 nitrogen and oxygen atoms in total. The zero-order valence-corrected chi connectivity index (χ0v) is 14.4. The van der Waals surface area contributed by atoms with Crippen molar-refractivity contribution in [1.82, 2.24) is 15.2 Å². The number of nitrogens with one attached hydrogen (secondary N) is 2.